The van der Waals surface area contributed by atoms with Gasteiger partial charge < -0.3 is 26.1 Å². The number of sulfonamides is 1. The highest BCUT2D eigenvalue weighted by Crippen LogP contribution is 2.35. The highest BCUT2D eigenvalue weighted by atomic mass is 32.2. The Morgan fingerprint density at radius 1 is 1.06 bits per heavy atom. The monoisotopic (exact) mass is 558 g/mol. The van der Waals surface area contributed by atoms with E-state index in [9.17, 15) is 8.42 Å². The Kier molecular flexibility index (Phi) is 19.4. The lowest BCUT2D eigenvalue weighted by atomic mass is 10.1. The third-order valence-corrected chi connectivity index (χ3v) is 4.34. The van der Waals surface area contributed by atoms with Gasteiger partial charge in [0.2, 0.25) is 10.0 Å². The number of rotatable bonds is 4. The number of methoxy groups -OCH3 is 1. The molecule has 14 heteroatoms. The fourth-order valence-corrected chi connectivity index (χ4v) is 3.03. The Morgan fingerprint density at radius 2 is 1.50 bits per heavy atom. The van der Waals surface area contributed by atoms with Gasteiger partial charge in [0.25, 0.3) is 10.5 Å². The Balaban J connectivity index is -0.000000716. The third kappa shape index (κ3) is 14.0. The molecule has 0 atom stereocenters. The maximum atomic E-state index is 11.8. The number of primary amides is 2. The molecule has 11 nitrogen and oxygen atoms in total. The van der Waals surface area contributed by atoms with Crippen LogP contribution in [0.5, 0.6) is 5.75 Å². The maximum Gasteiger partial charge on any atom is 0.273 e. The molecule has 0 spiro atoms. The number of primary sulfonamides is 1. The van der Waals surface area contributed by atoms with Crippen molar-refractivity contribution in [2.45, 2.75) is 19.2 Å². The molecule has 0 saturated carbocycles. The van der Waals surface area contributed by atoms with E-state index in [1.54, 1.807) is 44.4 Å². The second kappa shape index (κ2) is 18.8. The zero-order valence-corrected chi connectivity index (χ0v) is 21.3. The summed E-state index contributed by atoms with van der Waals surface area (Å²) in [5.74, 6) is 3.31. The normalized spacial score (nSPS) is 8.89. The van der Waals surface area contributed by atoms with Crippen molar-refractivity contribution in [1.82, 2.24) is 4.98 Å². The third-order valence-electron chi connectivity index (χ3n) is 3.37. The molecular formula is C22H30N4O7S3. The van der Waals surface area contributed by atoms with Gasteiger partial charge in [0.05, 0.1) is 12.0 Å². The molecule has 0 aliphatic heterocycles. The van der Waals surface area contributed by atoms with Gasteiger partial charge in [-0.2, -0.15) is 0 Å². The first kappa shape index (κ1) is 37.1. The number of oxazole rings is 1. The van der Waals surface area contributed by atoms with Gasteiger partial charge in [0, 0.05) is 11.1 Å². The molecule has 2 amide bonds. The predicted octanol–water partition coefficient (Wildman–Crippen LogP) is 3.11. The number of aromatic nitrogens is 1. The molecule has 0 bridgehead atoms. The molecule has 0 unspecified atom stereocenters. The molecule has 0 aliphatic carbocycles. The van der Waals surface area contributed by atoms with E-state index in [0.29, 0.717) is 22.8 Å². The van der Waals surface area contributed by atoms with Crippen LogP contribution in [0.4, 0.5) is 9.59 Å². The molecule has 0 saturated heterocycles. The SMILES string of the molecule is C.C#CC.COc1ccc(-c2ncoc2-c2ccccc2S(N)(=O)=O)cc1.NC(=O)S.NC(=O)S.O. The molecule has 0 aliphatic rings. The van der Waals surface area contributed by atoms with Gasteiger partial charge in [-0.1, -0.05) is 44.8 Å². The summed E-state index contributed by atoms with van der Waals surface area (Å²) in [6.45, 7) is 1.65. The fourth-order valence-electron chi connectivity index (χ4n) is 2.29. The summed E-state index contributed by atoms with van der Waals surface area (Å²) in [6, 6.07) is 13.6. The molecule has 3 aromatic rings. The zero-order chi connectivity index (χ0) is 26.3. The number of nitrogens with two attached hydrogens (primary N) is 3. The van der Waals surface area contributed by atoms with Gasteiger partial charge in [0.1, 0.15) is 11.4 Å². The quantitative estimate of drug-likeness (QED) is 0.238. The number of ether oxygens (including phenoxy) is 1. The minimum Gasteiger partial charge on any atom is -0.497 e. The number of carbonyl (C=O) groups is 2. The average molecular weight is 559 g/mol. The number of terminal acetylenes is 1. The molecule has 0 radical (unpaired) electrons. The first-order valence-corrected chi connectivity index (χ1v) is 11.4. The van der Waals surface area contributed by atoms with E-state index in [4.69, 9.17) is 23.9 Å². The Labute approximate surface area is 221 Å². The number of thiol groups is 2. The summed E-state index contributed by atoms with van der Waals surface area (Å²) < 4.78 is 34.1. The van der Waals surface area contributed by atoms with Crippen molar-refractivity contribution >= 4 is 45.8 Å². The summed E-state index contributed by atoms with van der Waals surface area (Å²) in [4.78, 5) is 22.4. The van der Waals surface area contributed by atoms with Crippen molar-refractivity contribution in [3.63, 3.8) is 0 Å². The number of amides is 2. The van der Waals surface area contributed by atoms with Crippen LogP contribution in [0, 0.1) is 12.3 Å². The van der Waals surface area contributed by atoms with E-state index in [-0.39, 0.29) is 17.8 Å². The Morgan fingerprint density at radius 3 is 1.92 bits per heavy atom. The molecule has 198 valence electrons. The van der Waals surface area contributed by atoms with Crippen molar-refractivity contribution in [1.29, 1.82) is 0 Å². The molecule has 0 fully saturated rings. The van der Waals surface area contributed by atoms with Gasteiger partial charge in [-0.25, -0.2) is 18.5 Å². The molecule has 3 rings (SSSR count). The largest absolute Gasteiger partial charge is 0.497 e. The number of nitrogens with zero attached hydrogens (tertiary/aromatic N) is 1. The predicted molar refractivity (Wildman–Crippen MR) is 147 cm³/mol. The summed E-state index contributed by atoms with van der Waals surface area (Å²) in [5.41, 5.74) is 10.4. The molecule has 1 heterocycles. The number of benzene rings is 2. The van der Waals surface area contributed by atoms with E-state index >= 15 is 0 Å². The lowest BCUT2D eigenvalue weighted by molar-refractivity contribution is 0.266. The van der Waals surface area contributed by atoms with E-state index in [0.717, 1.165) is 5.56 Å². The molecule has 1 aromatic heterocycles. The van der Waals surface area contributed by atoms with Crippen LogP contribution in [0.3, 0.4) is 0 Å². The number of carbonyl (C=O) groups excluding carboxylic acids is 2. The van der Waals surface area contributed by atoms with Gasteiger partial charge in [-0.05, 0) is 43.3 Å². The fraction of sp³-hybridized carbons (Fsp3) is 0.136. The van der Waals surface area contributed by atoms with Crippen LogP contribution in [-0.4, -0.2) is 36.5 Å². The molecule has 36 heavy (non-hydrogen) atoms. The van der Waals surface area contributed by atoms with E-state index in [2.05, 4.69) is 54.1 Å². The van der Waals surface area contributed by atoms with Crippen molar-refractivity contribution in [2.75, 3.05) is 7.11 Å². The average Bonchev–Trinajstić information content (AvgIpc) is 3.23. The van der Waals surface area contributed by atoms with Gasteiger partial charge >= 0.3 is 0 Å². The van der Waals surface area contributed by atoms with Crippen molar-refractivity contribution in [3.05, 3.63) is 54.9 Å². The lowest BCUT2D eigenvalue weighted by Gasteiger charge is -2.07. The summed E-state index contributed by atoms with van der Waals surface area (Å²) >= 11 is 6.21. The van der Waals surface area contributed by atoms with Crippen LogP contribution in [0.2, 0.25) is 0 Å². The summed E-state index contributed by atoms with van der Waals surface area (Å²) in [7, 11) is -2.29. The van der Waals surface area contributed by atoms with Crippen LogP contribution < -0.4 is 21.3 Å². The summed E-state index contributed by atoms with van der Waals surface area (Å²) in [5, 5.41) is 4.01. The minimum atomic E-state index is -3.88. The van der Waals surface area contributed by atoms with E-state index < -0.39 is 20.5 Å². The van der Waals surface area contributed by atoms with Gasteiger partial charge in [-0.15, -0.1) is 12.3 Å². The topological polar surface area (TPSA) is 213 Å². The van der Waals surface area contributed by atoms with Crippen LogP contribution in [0.1, 0.15) is 14.4 Å². The van der Waals surface area contributed by atoms with E-state index in [1.165, 1.54) is 12.5 Å². The standard InChI is InChI=1S/C16H14N2O4S.C3H4.2CH3NOS.CH4.H2O/c1-21-12-8-6-11(7-9-12)15-16(22-10-18-15)13-4-2-3-5-14(13)23(17,19)20;1-3-2;2*2-1(3)4;;/h2-10H,1H3,(H2,17,19,20);1H,2H3;2*(H3,2,3,4);1H4;1H2. The number of hydrogen-bond donors (Lipinski definition) is 5. The number of hydrogen-bond acceptors (Lipinski definition) is 7. The zero-order valence-electron chi connectivity index (χ0n) is 18.7. The second-order valence-electron chi connectivity index (χ2n) is 5.76. The van der Waals surface area contributed by atoms with Crippen molar-refractivity contribution in [2.24, 2.45) is 16.6 Å². The second-order valence-corrected chi connectivity index (χ2v) is 8.18. The smallest absolute Gasteiger partial charge is 0.273 e. The first-order valence-electron chi connectivity index (χ1n) is 8.93. The minimum absolute atomic E-state index is 0. The summed E-state index contributed by atoms with van der Waals surface area (Å²) in [6.07, 6.45) is 5.87. The highest BCUT2D eigenvalue weighted by Gasteiger charge is 2.21. The highest BCUT2D eigenvalue weighted by molar-refractivity contribution is 7.96. The van der Waals surface area contributed by atoms with Gasteiger partial charge in [-0.3, -0.25) is 9.59 Å². The van der Waals surface area contributed by atoms with Gasteiger partial charge in [0.15, 0.2) is 12.2 Å². The molecular weight excluding hydrogens is 528 g/mol. The lowest BCUT2D eigenvalue weighted by Crippen LogP contribution is -2.13. The van der Waals surface area contributed by atoms with Crippen LogP contribution in [0.15, 0.2) is 64.2 Å². The maximum absolute atomic E-state index is 11.8. The van der Waals surface area contributed by atoms with Crippen LogP contribution >= 0.6 is 25.3 Å². The molecule has 8 N–H and O–H groups in total. The van der Waals surface area contributed by atoms with Crippen molar-refractivity contribution in [3.8, 4) is 40.7 Å². The Bertz CT molecular complexity index is 1200. The van der Waals surface area contributed by atoms with Crippen LogP contribution in [0.25, 0.3) is 22.6 Å². The van der Waals surface area contributed by atoms with Crippen molar-refractivity contribution < 1.29 is 32.6 Å². The molecule has 2 aromatic carbocycles. The van der Waals surface area contributed by atoms with E-state index in [1.807, 2.05) is 12.1 Å². The first-order chi connectivity index (χ1) is 15.9. The van der Waals surface area contributed by atoms with Crippen LogP contribution in [-0.2, 0) is 10.0 Å². The Hall–Kier alpha value is -3.48.